The molecule has 0 atom stereocenters. The summed E-state index contributed by atoms with van der Waals surface area (Å²) in [6, 6.07) is 12.2. The fraction of sp³-hybridized carbons (Fsp3) is 0.0769. The van der Waals surface area contributed by atoms with E-state index >= 15 is 0 Å². The van der Waals surface area contributed by atoms with Gasteiger partial charge >= 0.3 is 0 Å². The highest BCUT2D eigenvalue weighted by molar-refractivity contribution is 9.08. The molecule has 0 aliphatic carbocycles. The minimum Gasteiger partial charge on any atom is -0.207 e. The molecular weight excluding hydrogens is 290 g/mol. The van der Waals surface area contributed by atoms with Crippen LogP contribution in [0.3, 0.4) is 0 Å². The maximum Gasteiger partial charge on any atom is 0.123 e. The first-order valence-corrected chi connectivity index (χ1v) is 6.31. The number of hydrogen-bond donors (Lipinski definition) is 0. The normalized spacial score (nSPS) is 10.4. The minimum atomic E-state index is -0.239. The van der Waals surface area contributed by atoms with Crippen LogP contribution in [0, 0.1) is 5.82 Å². The fourth-order valence-electron chi connectivity index (χ4n) is 1.54. The lowest BCUT2D eigenvalue weighted by molar-refractivity contribution is 0.628. The summed E-state index contributed by atoms with van der Waals surface area (Å²) >= 11 is 9.64. The van der Waals surface area contributed by atoms with Gasteiger partial charge in [0.25, 0.3) is 0 Å². The van der Waals surface area contributed by atoms with Gasteiger partial charge in [-0.2, -0.15) is 0 Å². The van der Waals surface area contributed by atoms with Crippen molar-refractivity contribution in [2.75, 3.05) is 0 Å². The zero-order valence-electron chi connectivity index (χ0n) is 8.38. The standard InChI is InChI=1S/C13H9BrClF/c14-8-10-2-1-3-12(13(10)15)9-4-6-11(16)7-5-9/h1-7H,8H2. The highest BCUT2D eigenvalue weighted by atomic mass is 79.9. The van der Waals surface area contributed by atoms with Gasteiger partial charge in [0.15, 0.2) is 0 Å². The molecule has 82 valence electrons. The predicted octanol–water partition coefficient (Wildman–Crippen LogP) is 5.04. The van der Waals surface area contributed by atoms with Crippen molar-refractivity contribution in [1.29, 1.82) is 0 Å². The lowest BCUT2D eigenvalue weighted by Crippen LogP contribution is -1.85. The third-order valence-electron chi connectivity index (χ3n) is 2.38. The molecule has 0 saturated carbocycles. The highest BCUT2D eigenvalue weighted by Gasteiger charge is 2.06. The Labute approximate surface area is 107 Å². The van der Waals surface area contributed by atoms with E-state index in [1.54, 1.807) is 12.1 Å². The Balaban J connectivity index is 2.51. The van der Waals surface area contributed by atoms with E-state index in [1.165, 1.54) is 12.1 Å². The van der Waals surface area contributed by atoms with Crippen LogP contribution in [0.4, 0.5) is 4.39 Å². The number of rotatable bonds is 2. The smallest absolute Gasteiger partial charge is 0.123 e. The van der Waals surface area contributed by atoms with Gasteiger partial charge in [-0.3, -0.25) is 0 Å². The van der Waals surface area contributed by atoms with E-state index in [4.69, 9.17) is 11.6 Å². The van der Waals surface area contributed by atoms with Crippen molar-refractivity contribution >= 4 is 27.5 Å². The van der Waals surface area contributed by atoms with Crippen LogP contribution in [0.1, 0.15) is 5.56 Å². The van der Waals surface area contributed by atoms with E-state index in [9.17, 15) is 4.39 Å². The monoisotopic (exact) mass is 298 g/mol. The van der Waals surface area contributed by atoms with Crippen LogP contribution < -0.4 is 0 Å². The quantitative estimate of drug-likeness (QED) is 0.681. The Morgan fingerprint density at radius 2 is 1.75 bits per heavy atom. The van der Waals surface area contributed by atoms with Gasteiger partial charge < -0.3 is 0 Å². The van der Waals surface area contributed by atoms with E-state index in [0.29, 0.717) is 10.4 Å². The lowest BCUT2D eigenvalue weighted by Gasteiger charge is -2.07. The Bertz CT molecular complexity index is 494. The summed E-state index contributed by atoms with van der Waals surface area (Å²) in [5.41, 5.74) is 2.89. The van der Waals surface area contributed by atoms with Crippen LogP contribution in [0.2, 0.25) is 5.02 Å². The summed E-state index contributed by atoms with van der Waals surface area (Å²) in [5, 5.41) is 1.42. The van der Waals surface area contributed by atoms with Gasteiger partial charge in [0.1, 0.15) is 5.82 Å². The molecule has 0 aliphatic rings. The summed E-state index contributed by atoms with van der Waals surface area (Å²) < 4.78 is 12.8. The third-order valence-corrected chi connectivity index (χ3v) is 3.43. The molecule has 0 heterocycles. The van der Waals surface area contributed by atoms with Crippen molar-refractivity contribution in [1.82, 2.24) is 0 Å². The zero-order chi connectivity index (χ0) is 11.5. The van der Waals surface area contributed by atoms with Crippen molar-refractivity contribution in [2.24, 2.45) is 0 Å². The molecule has 0 spiro atoms. The first-order chi connectivity index (χ1) is 7.72. The van der Waals surface area contributed by atoms with Gasteiger partial charge in [0.2, 0.25) is 0 Å². The second-order valence-corrected chi connectivity index (χ2v) is 4.36. The average Bonchev–Trinajstić information content (AvgIpc) is 2.31. The lowest BCUT2D eigenvalue weighted by atomic mass is 10.0. The van der Waals surface area contributed by atoms with Crippen molar-refractivity contribution in [3.8, 4) is 11.1 Å². The van der Waals surface area contributed by atoms with Crippen molar-refractivity contribution in [3.63, 3.8) is 0 Å². The van der Waals surface area contributed by atoms with Crippen molar-refractivity contribution in [2.45, 2.75) is 5.33 Å². The topological polar surface area (TPSA) is 0 Å². The summed E-state index contributed by atoms with van der Waals surface area (Å²) in [6.45, 7) is 0. The largest absolute Gasteiger partial charge is 0.207 e. The van der Waals surface area contributed by atoms with Crippen LogP contribution in [0.15, 0.2) is 42.5 Å². The van der Waals surface area contributed by atoms with Gasteiger partial charge in [-0.15, -0.1) is 0 Å². The molecule has 0 nitrogen and oxygen atoms in total. The van der Waals surface area contributed by atoms with Crippen LogP contribution in [0.5, 0.6) is 0 Å². The molecule has 0 aromatic heterocycles. The second-order valence-electron chi connectivity index (χ2n) is 3.42. The summed E-state index contributed by atoms with van der Waals surface area (Å²) in [4.78, 5) is 0. The molecule has 0 fully saturated rings. The number of halogens is 3. The third kappa shape index (κ3) is 2.28. The Kier molecular flexibility index (Phi) is 3.62. The van der Waals surface area contributed by atoms with E-state index in [-0.39, 0.29) is 5.82 Å². The molecule has 0 N–H and O–H groups in total. The fourth-order valence-corrected chi connectivity index (χ4v) is 2.47. The SMILES string of the molecule is Fc1ccc(-c2cccc(CBr)c2Cl)cc1. The Morgan fingerprint density at radius 3 is 2.38 bits per heavy atom. The maximum atomic E-state index is 12.8. The van der Waals surface area contributed by atoms with Crippen LogP contribution in [0.25, 0.3) is 11.1 Å². The van der Waals surface area contributed by atoms with Crippen molar-refractivity contribution < 1.29 is 4.39 Å². The van der Waals surface area contributed by atoms with Gasteiger partial charge in [0, 0.05) is 10.9 Å². The Hall–Kier alpha value is -0.860. The second kappa shape index (κ2) is 4.98. The average molecular weight is 300 g/mol. The summed E-state index contributed by atoms with van der Waals surface area (Å²) in [6.07, 6.45) is 0. The molecule has 2 aromatic carbocycles. The maximum absolute atomic E-state index is 12.8. The molecule has 0 bridgehead atoms. The molecule has 2 aromatic rings. The van der Waals surface area contributed by atoms with Crippen LogP contribution in [-0.2, 0) is 5.33 Å². The minimum absolute atomic E-state index is 0.239. The van der Waals surface area contributed by atoms with Crippen LogP contribution in [-0.4, -0.2) is 0 Å². The predicted molar refractivity (Wildman–Crippen MR) is 69.5 cm³/mol. The molecule has 2 rings (SSSR count). The van der Waals surface area contributed by atoms with E-state index < -0.39 is 0 Å². The van der Waals surface area contributed by atoms with Gasteiger partial charge in [-0.25, -0.2) is 4.39 Å². The molecule has 0 aliphatic heterocycles. The van der Waals surface area contributed by atoms with Crippen LogP contribution >= 0.6 is 27.5 Å². The summed E-state index contributed by atoms with van der Waals surface area (Å²) in [7, 11) is 0. The summed E-state index contributed by atoms with van der Waals surface area (Å²) in [5.74, 6) is -0.239. The number of hydrogen-bond acceptors (Lipinski definition) is 0. The Morgan fingerprint density at radius 1 is 1.06 bits per heavy atom. The van der Waals surface area contributed by atoms with Gasteiger partial charge in [-0.05, 0) is 23.3 Å². The molecule has 3 heteroatoms. The molecular formula is C13H9BrClF. The molecule has 16 heavy (non-hydrogen) atoms. The first kappa shape index (κ1) is 11.6. The van der Waals surface area contributed by atoms with E-state index in [2.05, 4.69) is 15.9 Å². The van der Waals surface area contributed by atoms with E-state index in [1.807, 2.05) is 18.2 Å². The number of benzene rings is 2. The van der Waals surface area contributed by atoms with Gasteiger partial charge in [0.05, 0.1) is 5.02 Å². The highest BCUT2D eigenvalue weighted by Crippen LogP contribution is 2.31. The zero-order valence-corrected chi connectivity index (χ0v) is 10.7. The van der Waals surface area contributed by atoms with E-state index in [0.717, 1.165) is 16.7 Å². The molecule has 0 radical (unpaired) electrons. The van der Waals surface area contributed by atoms with Crippen molar-refractivity contribution in [3.05, 3.63) is 58.9 Å². The molecule has 0 saturated heterocycles. The number of alkyl halides is 1. The molecule has 0 unspecified atom stereocenters. The first-order valence-electron chi connectivity index (χ1n) is 4.81. The molecule has 0 amide bonds. The van der Waals surface area contributed by atoms with Gasteiger partial charge in [-0.1, -0.05) is 57.9 Å².